The number of hydrogen-bond acceptors (Lipinski definition) is 4. The van der Waals surface area contributed by atoms with Gasteiger partial charge < -0.3 is 15.5 Å². The quantitative estimate of drug-likeness (QED) is 0.582. The number of imide groups is 1. The van der Waals surface area contributed by atoms with Crippen molar-refractivity contribution in [2.75, 3.05) is 23.3 Å². The summed E-state index contributed by atoms with van der Waals surface area (Å²) in [4.78, 5) is 53.2. The first-order valence-corrected chi connectivity index (χ1v) is 11.4. The van der Waals surface area contributed by atoms with Gasteiger partial charge in [0.1, 0.15) is 17.9 Å². The fourth-order valence-electron chi connectivity index (χ4n) is 4.45. The number of nitrogens with one attached hydrogen (secondary N) is 2. The molecule has 2 aromatic rings. The van der Waals surface area contributed by atoms with Crippen LogP contribution >= 0.6 is 0 Å². The molecule has 2 N–H and O–H groups in total. The van der Waals surface area contributed by atoms with E-state index in [-0.39, 0.29) is 5.91 Å². The number of amides is 5. The van der Waals surface area contributed by atoms with Crippen molar-refractivity contribution in [3.8, 4) is 0 Å². The van der Waals surface area contributed by atoms with Gasteiger partial charge in [-0.05, 0) is 54.8 Å². The third-order valence-electron chi connectivity index (χ3n) is 6.26. The molecule has 2 fully saturated rings. The lowest BCUT2D eigenvalue weighted by atomic mass is 9.85. The normalized spacial score (nSPS) is 20.1. The van der Waals surface area contributed by atoms with Gasteiger partial charge in [-0.1, -0.05) is 31.9 Å². The van der Waals surface area contributed by atoms with Gasteiger partial charge in [0.2, 0.25) is 11.8 Å². The molecule has 2 heterocycles. The van der Waals surface area contributed by atoms with Crippen LogP contribution in [0.15, 0.2) is 48.5 Å². The van der Waals surface area contributed by atoms with E-state index in [2.05, 4.69) is 10.6 Å². The first kappa shape index (κ1) is 23.4. The Morgan fingerprint density at radius 1 is 1.09 bits per heavy atom. The van der Waals surface area contributed by atoms with E-state index in [1.165, 1.54) is 24.3 Å². The Labute approximate surface area is 197 Å². The largest absolute Gasteiger partial charge is 0.325 e. The minimum Gasteiger partial charge on any atom is -0.325 e. The van der Waals surface area contributed by atoms with Gasteiger partial charge in [-0.15, -0.1) is 0 Å². The van der Waals surface area contributed by atoms with Crippen LogP contribution in [-0.4, -0.2) is 41.7 Å². The van der Waals surface area contributed by atoms with Gasteiger partial charge in [0.25, 0.3) is 5.91 Å². The zero-order valence-corrected chi connectivity index (χ0v) is 19.0. The van der Waals surface area contributed by atoms with Gasteiger partial charge in [0, 0.05) is 24.3 Å². The Morgan fingerprint density at radius 2 is 1.79 bits per heavy atom. The standard InChI is InChI=1S/C25H27FN4O4/c1-2-3-14-25(17-6-8-18(26)9-7-17)23(33)30(24(34)28-25)16-21(31)27-19-10-12-20(13-11-19)29-15-4-5-22(29)32/h6-13H,2-5,14-16H2,1H3,(H,27,31)(H,28,34)/t25-/m0/s1. The molecule has 0 aliphatic carbocycles. The van der Waals surface area contributed by atoms with Crippen molar-refractivity contribution in [2.45, 2.75) is 44.6 Å². The maximum Gasteiger partial charge on any atom is 0.325 e. The molecule has 0 spiro atoms. The van der Waals surface area contributed by atoms with Crippen molar-refractivity contribution >= 4 is 35.1 Å². The Morgan fingerprint density at radius 3 is 2.41 bits per heavy atom. The highest BCUT2D eigenvalue weighted by molar-refractivity contribution is 6.10. The molecule has 178 valence electrons. The van der Waals surface area contributed by atoms with Crippen LogP contribution in [0.2, 0.25) is 0 Å². The molecule has 0 bridgehead atoms. The molecular formula is C25H27FN4O4. The number of urea groups is 1. The van der Waals surface area contributed by atoms with E-state index in [9.17, 15) is 23.6 Å². The summed E-state index contributed by atoms with van der Waals surface area (Å²) < 4.78 is 13.5. The lowest BCUT2D eigenvalue weighted by Crippen LogP contribution is -2.44. The zero-order chi connectivity index (χ0) is 24.3. The second kappa shape index (κ2) is 9.62. The molecule has 2 aliphatic heterocycles. The summed E-state index contributed by atoms with van der Waals surface area (Å²) in [5.41, 5.74) is 0.402. The summed E-state index contributed by atoms with van der Waals surface area (Å²) in [5, 5.41) is 5.44. The molecule has 0 unspecified atom stereocenters. The van der Waals surface area contributed by atoms with Gasteiger partial charge >= 0.3 is 6.03 Å². The summed E-state index contributed by atoms with van der Waals surface area (Å²) in [5.74, 6) is -1.43. The van der Waals surface area contributed by atoms with Crippen LogP contribution in [0, 0.1) is 5.82 Å². The number of rotatable bonds is 8. The molecule has 4 rings (SSSR count). The maximum absolute atomic E-state index is 13.5. The average molecular weight is 467 g/mol. The number of carbonyl (C=O) groups excluding carboxylic acids is 4. The highest BCUT2D eigenvalue weighted by Gasteiger charge is 2.52. The fourth-order valence-corrected chi connectivity index (χ4v) is 4.45. The van der Waals surface area contributed by atoms with Crippen molar-refractivity contribution in [2.24, 2.45) is 0 Å². The molecule has 2 saturated heterocycles. The first-order chi connectivity index (χ1) is 16.3. The van der Waals surface area contributed by atoms with Crippen LogP contribution in [0.25, 0.3) is 0 Å². The number of halogens is 1. The summed E-state index contributed by atoms with van der Waals surface area (Å²) >= 11 is 0. The monoisotopic (exact) mass is 466 g/mol. The number of unbranched alkanes of at least 4 members (excludes halogenated alkanes) is 1. The molecule has 5 amide bonds. The Hall–Kier alpha value is -3.75. The van der Waals surface area contributed by atoms with Crippen LogP contribution in [0.3, 0.4) is 0 Å². The SMILES string of the molecule is CCCC[C@@]1(c2ccc(F)cc2)NC(=O)N(CC(=O)Nc2ccc(N3CCCC3=O)cc2)C1=O. The molecule has 0 radical (unpaired) electrons. The van der Waals surface area contributed by atoms with E-state index in [1.807, 2.05) is 6.92 Å². The van der Waals surface area contributed by atoms with Crippen molar-refractivity contribution in [1.29, 1.82) is 0 Å². The average Bonchev–Trinajstić information content (AvgIpc) is 3.35. The lowest BCUT2D eigenvalue weighted by Gasteiger charge is -2.27. The summed E-state index contributed by atoms with van der Waals surface area (Å²) in [6.45, 7) is 2.19. The second-order valence-corrected chi connectivity index (χ2v) is 8.58. The van der Waals surface area contributed by atoms with Gasteiger partial charge in [0.05, 0.1) is 0 Å². The number of carbonyl (C=O) groups is 4. The van der Waals surface area contributed by atoms with E-state index in [0.717, 1.165) is 23.4 Å². The molecule has 2 aromatic carbocycles. The van der Waals surface area contributed by atoms with Crippen LogP contribution in [0.5, 0.6) is 0 Å². The van der Waals surface area contributed by atoms with Crippen molar-refractivity contribution < 1.29 is 23.6 Å². The van der Waals surface area contributed by atoms with Gasteiger partial charge in [-0.25, -0.2) is 9.18 Å². The Kier molecular flexibility index (Phi) is 6.63. The molecule has 0 aromatic heterocycles. The van der Waals surface area contributed by atoms with E-state index in [0.29, 0.717) is 37.1 Å². The number of nitrogens with zero attached hydrogens (tertiary/aromatic N) is 2. The van der Waals surface area contributed by atoms with E-state index < -0.39 is 35.7 Å². The highest BCUT2D eigenvalue weighted by atomic mass is 19.1. The molecule has 34 heavy (non-hydrogen) atoms. The number of benzene rings is 2. The summed E-state index contributed by atoms with van der Waals surface area (Å²) in [6.07, 6.45) is 3.15. The van der Waals surface area contributed by atoms with E-state index in [4.69, 9.17) is 0 Å². The molecule has 8 nitrogen and oxygen atoms in total. The summed E-state index contributed by atoms with van der Waals surface area (Å²) in [6, 6.07) is 11.6. The first-order valence-electron chi connectivity index (χ1n) is 11.4. The highest BCUT2D eigenvalue weighted by Crippen LogP contribution is 2.34. The molecular weight excluding hydrogens is 439 g/mol. The van der Waals surface area contributed by atoms with Crippen LogP contribution in [0.1, 0.15) is 44.6 Å². The summed E-state index contributed by atoms with van der Waals surface area (Å²) in [7, 11) is 0. The molecule has 2 aliphatic rings. The van der Waals surface area contributed by atoms with E-state index >= 15 is 0 Å². The van der Waals surface area contributed by atoms with Crippen molar-refractivity contribution in [3.63, 3.8) is 0 Å². The second-order valence-electron chi connectivity index (χ2n) is 8.58. The van der Waals surface area contributed by atoms with Crippen LogP contribution in [-0.2, 0) is 19.9 Å². The Balaban J connectivity index is 1.46. The fraction of sp³-hybridized carbons (Fsp3) is 0.360. The van der Waals surface area contributed by atoms with Crippen molar-refractivity contribution in [1.82, 2.24) is 10.2 Å². The number of anilines is 2. The van der Waals surface area contributed by atoms with Crippen LogP contribution in [0.4, 0.5) is 20.6 Å². The lowest BCUT2D eigenvalue weighted by molar-refractivity contribution is -0.134. The topological polar surface area (TPSA) is 98.8 Å². The predicted octanol–water partition coefficient (Wildman–Crippen LogP) is 3.53. The van der Waals surface area contributed by atoms with Gasteiger partial charge in [-0.3, -0.25) is 19.3 Å². The minimum atomic E-state index is -1.33. The zero-order valence-electron chi connectivity index (χ0n) is 19.0. The van der Waals surface area contributed by atoms with Gasteiger partial charge in [-0.2, -0.15) is 0 Å². The smallest absolute Gasteiger partial charge is 0.325 e. The molecule has 1 atom stereocenters. The van der Waals surface area contributed by atoms with Gasteiger partial charge in [0.15, 0.2) is 0 Å². The maximum atomic E-state index is 13.5. The molecule has 0 saturated carbocycles. The number of hydrogen-bond donors (Lipinski definition) is 2. The predicted molar refractivity (Wildman–Crippen MR) is 125 cm³/mol. The molecule has 9 heteroatoms. The third kappa shape index (κ3) is 4.50. The van der Waals surface area contributed by atoms with Crippen molar-refractivity contribution in [3.05, 3.63) is 59.9 Å². The minimum absolute atomic E-state index is 0.0723. The van der Waals surface area contributed by atoms with Crippen LogP contribution < -0.4 is 15.5 Å². The third-order valence-corrected chi connectivity index (χ3v) is 6.26. The Bertz CT molecular complexity index is 1100. The van der Waals surface area contributed by atoms with E-state index in [1.54, 1.807) is 29.2 Å².